The molecule has 0 aliphatic heterocycles. The zero-order chi connectivity index (χ0) is 22.6. The fraction of sp³-hybridized carbons (Fsp3) is 0.200. The van der Waals surface area contributed by atoms with E-state index < -0.39 is 0 Å². The SMILES string of the molecule is COCCNC(=O)c1ccc(NC(=O)CNc2ccccc2OCc2ccccc2)cc1. The number of hydrogen-bond donors (Lipinski definition) is 3. The van der Waals surface area contributed by atoms with Crippen molar-refractivity contribution in [2.75, 3.05) is 37.4 Å². The van der Waals surface area contributed by atoms with E-state index in [0.29, 0.717) is 36.8 Å². The first-order chi connectivity index (χ1) is 15.7. The summed E-state index contributed by atoms with van der Waals surface area (Å²) in [7, 11) is 1.58. The van der Waals surface area contributed by atoms with Crippen molar-refractivity contribution in [2.45, 2.75) is 6.61 Å². The van der Waals surface area contributed by atoms with Crippen LogP contribution in [0.3, 0.4) is 0 Å². The van der Waals surface area contributed by atoms with Gasteiger partial charge in [-0.2, -0.15) is 0 Å². The highest BCUT2D eigenvalue weighted by Crippen LogP contribution is 2.24. The summed E-state index contributed by atoms with van der Waals surface area (Å²) in [6.45, 7) is 1.41. The van der Waals surface area contributed by atoms with E-state index in [1.807, 2.05) is 54.6 Å². The van der Waals surface area contributed by atoms with Crippen molar-refractivity contribution in [3.63, 3.8) is 0 Å². The maximum Gasteiger partial charge on any atom is 0.251 e. The first-order valence-electron chi connectivity index (χ1n) is 10.3. The van der Waals surface area contributed by atoms with Gasteiger partial charge in [-0.25, -0.2) is 0 Å². The Balaban J connectivity index is 1.49. The normalized spacial score (nSPS) is 10.3. The molecule has 0 aliphatic carbocycles. The van der Waals surface area contributed by atoms with Crippen molar-refractivity contribution in [1.82, 2.24) is 5.32 Å². The molecule has 0 aromatic heterocycles. The molecule has 0 radical (unpaired) electrons. The number of para-hydroxylation sites is 2. The number of anilines is 2. The predicted octanol–water partition coefficient (Wildman–Crippen LogP) is 3.69. The van der Waals surface area contributed by atoms with Crippen LogP contribution in [0, 0.1) is 0 Å². The van der Waals surface area contributed by atoms with Crippen LogP contribution in [-0.4, -0.2) is 38.6 Å². The zero-order valence-electron chi connectivity index (χ0n) is 18.0. The minimum absolute atomic E-state index is 0.0744. The van der Waals surface area contributed by atoms with Gasteiger partial charge >= 0.3 is 0 Å². The minimum Gasteiger partial charge on any atom is -0.487 e. The summed E-state index contributed by atoms with van der Waals surface area (Å²) in [5, 5.41) is 8.68. The molecule has 3 rings (SSSR count). The van der Waals surface area contributed by atoms with Gasteiger partial charge in [-0.15, -0.1) is 0 Å². The summed E-state index contributed by atoms with van der Waals surface area (Å²) in [6.07, 6.45) is 0. The molecule has 0 aliphatic rings. The van der Waals surface area contributed by atoms with Gasteiger partial charge in [0.1, 0.15) is 12.4 Å². The summed E-state index contributed by atoms with van der Waals surface area (Å²) in [6, 6.07) is 24.1. The highest BCUT2D eigenvalue weighted by atomic mass is 16.5. The van der Waals surface area contributed by atoms with Crippen molar-refractivity contribution in [3.8, 4) is 5.75 Å². The number of methoxy groups -OCH3 is 1. The molecule has 166 valence electrons. The lowest BCUT2D eigenvalue weighted by Crippen LogP contribution is -2.27. The summed E-state index contributed by atoms with van der Waals surface area (Å²) in [5.41, 5.74) is 2.93. The summed E-state index contributed by atoms with van der Waals surface area (Å²) in [5.74, 6) is 0.279. The van der Waals surface area contributed by atoms with Crippen LogP contribution in [0.5, 0.6) is 5.75 Å². The topological polar surface area (TPSA) is 88.7 Å². The largest absolute Gasteiger partial charge is 0.487 e. The Morgan fingerprint density at radius 2 is 1.59 bits per heavy atom. The molecule has 0 heterocycles. The molecule has 0 saturated carbocycles. The van der Waals surface area contributed by atoms with E-state index in [0.717, 1.165) is 11.3 Å². The van der Waals surface area contributed by atoms with Gasteiger partial charge in [-0.1, -0.05) is 42.5 Å². The number of hydrogen-bond acceptors (Lipinski definition) is 5. The molecule has 3 aromatic rings. The van der Waals surface area contributed by atoms with E-state index in [1.54, 1.807) is 31.4 Å². The second-order valence-electron chi connectivity index (χ2n) is 7.00. The highest BCUT2D eigenvalue weighted by molar-refractivity contribution is 5.96. The molecule has 32 heavy (non-hydrogen) atoms. The second kappa shape index (κ2) is 12.1. The molecular formula is C25H27N3O4. The van der Waals surface area contributed by atoms with E-state index in [-0.39, 0.29) is 18.4 Å². The summed E-state index contributed by atoms with van der Waals surface area (Å²) < 4.78 is 10.8. The van der Waals surface area contributed by atoms with Crippen LogP contribution >= 0.6 is 0 Å². The average molecular weight is 434 g/mol. The highest BCUT2D eigenvalue weighted by Gasteiger charge is 2.08. The van der Waals surface area contributed by atoms with Crippen molar-refractivity contribution < 1.29 is 19.1 Å². The summed E-state index contributed by atoms with van der Waals surface area (Å²) >= 11 is 0. The first kappa shape index (κ1) is 22.8. The number of carbonyl (C=O) groups is 2. The van der Waals surface area contributed by atoms with Gasteiger partial charge in [-0.05, 0) is 42.0 Å². The Morgan fingerprint density at radius 3 is 2.34 bits per heavy atom. The van der Waals surface area contributed by atoms with Gasteiger partial charge < -0.3 is 25.4 Å². The second-order valence-corrected chi connectivity index (χ2v) is 7.00. The number of nitrogens with one attached hydrogen (secondary N) is 3. The fourth-order valence-corrected chi connectivity index (χ4v) is 2.93. The molecule has 7 nitrogen and oxygen atoms in total. The maximum atomic E-state index is 12.4. The maximum absolute atomic E-state index is 12.4. The molecule has 0 atom stereocenters. The number of ether oxygens (including phenoxy) is 2. The molecule has 0 spiro atoms. The number of rotatable bonds is 11. The number of carbonyl (C=O) groups excluding carboxylic acids is 2. The molecule has 3 aromatic carbocycles. The Morgan fingerprint density at radius 1 is 0.875 bits per heavy atom. The van der Waals surface area contributed by atoms with Gasteiger partial charge in [0, 0.05) is 24.9 Å². The Bertz CT molecular complexity index is 1010. The van der Waals surface area contributed by atoms with Crippen molar-refractivity contribution in [2.24, 2.45) is 0 Å². The van der Waals surface area contributed by atoms with E-state index in [1.165, 1.54) is 0 Å². The van der Waals surface area contributed by atoms with Gasteiger partial charge in [0.2, 0.25) is 5.91 Å². The average Bonchev–Trinajstić information content (AvgIpc) is 2.83. The number of benzene rings is 3. The lowest BCUT2D eigenvalue weighted by molar-refractivity contribution is -0.114. The van der Waals surface area contributed by atoms with Gasteiger partial charge in [0.25, 0.3) is 5.91 Å². The molecule has 0 fully saturated rings. The van der Waals surface area contributed by atoms with E-state index in [9.17, 15) is 9.59 Å². The number of amides is 2. The minimum atomic E-state index is -0.208. The van der Waals surface area contributed by atoms with Crippen molar-refractivity contribution in [3.05, 3.63) is 90.0 Å². The summed E-state index contributed by atoms with van der Waals surface area (Å²) in [4.78, 5) is 24.4. The fourth-order valence-electron chi connectivity index (χ4n) is 2.93. The van der Waals surface area contributed by atoms with E-state index in [4.69, 9.17) is 9.47 Å². The van der Waals surface area contributed by atoms with Crippen LogP contribution in [0.15, 0.2) is 78.9 Å². The molecule has 0 saturated heterocycles. The lowest BCUT2D eigenvalue weighted by atomic mass is 10.2. The van der Waals surface area contributed by atoms with Crippen molar-refractivity contribution >= 4 is 23.2 Å². The van der Waals surface area contributed by atoms with Gasteiger partial charge in [0.05, 0.1) is 18.8 Å². The van der Waals surface area contributed by atoms with Crippen molar-refractivity contribution in [1.29, 1.82) is 0 Å². The molecule has 0 bridgehead atoms. The Hall–Kier alpha value is -3.84. The molecular weight excluding hydrogens is 406 g/mol. The van der Waals surface area contributed by atoms with Crippen LogP contribution in [0.25, 0.3) is 0 Å². The van der Waals surface area contributed by atoms with Gasteiger partial charge in [0.15, 0.2) is 0 Å². The van der Waals surface area contributed by atoms with E-state index >= 15 is 0 Å². The molecule has 7 heteroatoms. The lowest BCUT2D eigenvalue weighted by Gasteiger charge is -2.13. The van der Waals surface area contributed by atoms with Gasteiger partial charge in [-0.3, -0.25) is 9.59 Å². The molecule has 2 amide bonds. The third-order valence-electron chi connectivity index (χ3n) is 4.59. The Kier molecular flexibility index (Phi) is 8.65. The first-order valence-corrected chi connectivity index (χ1v) is 10.3. The molecule has 3 N–H and O–H groups in total. The third kappa shape index (κ3) is 7.14. The quantitative estimate of drug-likeness (QED) is 0.402. The predicted molar refractivity (Wildman–Crippen MR) is 125 cm³/mol. The van der Waals surface area contributed by atoms with Crippen LogP contribution in [0.1, 0.15) is 15.9 Å². The standard InChI is InChI=1S/C25H27N3O4/c1-31-16-15-26-25(30)20-11-13-21(14-12-20)28-24(29)17-27-22-9-5-6-10-23(22)32-18-19-7-3-2-4-8-19/h2-14,27H,15-18H2,1H3,(H,26,30)(H,28,29). The van der Waals surface area contributed by atoms with Crippen LogP contribution in [0.4, 0.5) is 11.4 Å². The van der Waals surface area contributed by atoms with Crippen LogP contribution in [-0.2, 0) is 16.1 Å². The zero-order valence-corrected chi connectivity index (χ0v) is 18.0. The molecule has 0 unspecified atom stereocenters. The smallest absolute Gasteiger partial charge is 0.251 e. The Labute approximate surface area is 187 Å². The monoisotopic (exact) mass is 433 g/mol. The van der Waals surface area contributed by atoms with E-state index in [2.05, 4.69) is 16.0 Å². The third-order valence-corrected chi connectivity index (χ3v) is 4.59. The van der Waals surface area contributed by atoms with Crippen LogP contribution in [0.2, 0.25) is 0 Å². The van der Waals surface area contributed by atoms with Crippen LogP contribution < -0.4 is 20.7 Å².